The largest absolute Gasteiger partial charge is 0.449 e. The number of hydrogen-bond acceptors (Lipinski definition) is 3. The predicted octanol–water partition coefficient (Wildman–Crippen LogP) is 3.91. The lowest BCUT2D eigenvalue weighted by molar-refractivity contribution is 0.159. The Morgan fingerprint density at radius 1 is 1.28 bits per heavy atom. The minimum Gasteiger partial charge on any atom is -0.449 e. The molecule has 94 valence electrons. The lowest BCUT2D eigenvalue weighted by atomic mass is 10.2. The second-order valence-electron chi connectivity index (χ2n) is 3.75. The molecule has 1 amide bonds. The van der Waals surface area contributed by atoms with Gasteiger partial charge in [0.2, 0.25) is 0 Å². The second kappa shape index (κ2) is 6.21. The number of thiophene rings is 1. The van der Waals surface area contributed by atoms with Crippen LogP contribution in [0.5, 0.6) is 0 Å². The van der Waals surface area contributed by atoms with Gasteiger partial charge in [-0.1, -0.05) is 30.3 Å². The molecule has 4 heteroatoms. The van der Waals surface area contributed by atoms with E-state index in [-0.39, 0.29) is 6.09 Å². The van der Waals surface area contributed by atoms with Gasteiger partial charge in [0.15, 0.2) is 0 Å². The molecule has 0 aliphatic heterocycles. The Morgan fingerprint density at radius 3 is 2.67 bits per heavy atom. The summed E-state index contributed by atoms with van der Waals surface area (Å²) in [7, 11) is 0. The summed E-state index contributed by atoms with van der Waals surface area (Å²) in [6, 6.07) is 11.8. The summed E-state index contributed by atoms with van der Waals surface area (Å²) >= 11 is 1.56. The monoisotopic (exact) mass is 261 g/mol. The van der Waals surface area contributed by atoms with Crippen LogP contribution in [0.1, 0.15) is 12.5 Å². The maximum Gasteiger partial charge on any atom is 0.414 e. The van der Waals surface area contributed by atoms with Crippen LogP contribution in [0.3, 0.4) is 0 Å². The maximum atomic E-state index is 12.0. The van der Waals surface area contributed by atoms with E-state index < -0.39 is 0 Å². The standard InChI is InChI=1S/C14H15NO2S/c1-2-17-14(16)15(13-8-9-18-11-13)10-12-6-4-3-5-7-12/h3-9,11H,2,10H2,1H3. The quantitative estimate of drug-likeness (QED) is 0.835. The molecular weight excluding hydrogens is 246 g/mol. The molecule has 2 aromatic rings. The number of hydrogen-bond donors (Lipinski definition) is 0. The lowest BCUT2D eigenvalue weighted by Crippen LogP contribution is -2.30. The number of carbonyl (C=O) groups is 1. The molecule has 0 aliphatic rings. The molecule has 0 aliphatic carbocycles. The molecule has 1 aromatic carbocycles. The summed E-state index contributed by atoms with van der Waals surface area (Å²) < 4.78 is 5.09. The van der Waals surface area contributed by atoms with E-state index in [0.717, 1.165) is 11.3 Å². The summed E-state index contributed by atoms with van der Waals surface area (Å²) in [5.41, 5.74) is 1.96. The van der Waals surface area contributed by atoms with Crippen molar-refractivity contribution in [3.63, 3.8) is 0 Å². The number of carbonyl (C=O) groups excluding carboxylic acids is 1. The van der Waals surface area contributed by atoms with Crippen LogP contribution in [-0.4, -0.2) is 12.7 Å². The normalized spacial score (nSPS) is 10.1. The van der Waals surface area contributed by atoms with Gasteiger partial charge >= 0.3 is 6.09 Å². The van der Waals surface area contributed by atoms with Gasteiger partial charge in [-0.3, -0.25) is 4.90 Å². The highest BCUT2D eigenvalue weighted by Crippen LogP contribution is 2.21. The number of nitrogens with zero attached hydrogens (tertiary/aromatic N) is 1. The first-order valence-corrected chi connectivity index (χ1v) is 6.76. The van der Waals surface area contributed by atoms with Crippen LogP contribution in [-0.2, 0) is 11.3 Å². The van der Waals surface area contributed by atoms with Crippen molar-refractivity contribution in [2.75, 3.05) is 11.5 Å². The molecule has 0 bridgehead atoms. The number of amides is 1. The van der Waals surface area contributed by atoms with E-state index in [1.165, 1.54) is 0 Å². The highest BCUT2D eigenvalue weighted by molar-refractivity contribution is 7.08. The molecule has 0 N–H and O–H groups in total. The van der Waals surface area contributed by atoms with Gasteiger partial charge in [-0.2, -0.15) is 11.3 Å². The molecule has 1 heterocycles. The Bertz CT molecular complexity index is 482. The average Bonchev–Trinajstić information content (AvgIpc) is 2.91. The second-order valence-corrected chi connectivity index (χ2v) is 4.53. The maximum absolute atomic E-state index is 12.0. The Labute approximate surface area is 111 Å². The fourth-order valence-electron chi connectivity index (χ4n) is 1.64. The molecule has 0 saturated carbocycles. The van der Waals surface area contributed by atoms with Crippen molar-refractivity contribution in [1.82, 2.24) is 0 Å². The van der Waals surface area contributed by atoms with Gasteiger partial charge in [0.05, 0.1) is 18.8 Å². The van der Waals surface area contributed by atoms with Gasteiger partial charge in [-0.15, -0.1) is 0 Å². The molecule has 0 atom stereocenters. The Morgan fingerprint density at radius 2 is 2.06 bits per heavy atom. The number of benzene rings is 1. The molecule has 0 fully saturated rings. The van der Waals surface area contributed by atoms with Gasteiger partial charge < -0.3 is 4.74 Å². The molecular formula is C14H15NO2S. The highest BCUT2D eigenvalue weighted by Gasteiger charge is 2.17. The Kier molecular flexibility index (Phi) is 4.36. The van der Waals surface area contributed by atoms with E-state index in [0.29, 0.717) is 13.2 Å². The number of anilines is 1. The average molecular weight is 261 g/mol. The van der Waals surface area contributed by atoms with Crippen LogP contribution in [0, 0.1) is 0 Å². The van der Waals surface area contributed by atoms with Crippen molar-refractivity contribution in [3.05, 3.63) is 52.7 Å². The van der Waals surface area contributed by atoms with E-state index >= 15 is 0 Å². The predicted molar refractivity (Wildman–Crippen MR) is 74.0 cm³/mol. The van der Waals surface area contributed by atoms with E-state index in [4.69, 9.17) is 4.74 Å². The van der Waals surface area contributed by atoms with Gasteiger partial charge in [-0.05, 0) is 23.9 Å². The molecule has 0 saturated heterocycles. The zero-order chi connectivity index (χ0) is 12.8. The fourth-order valence-corrected chi connectivity index (χ4v) is 2.28. The van der Waals surface area contributed by atoms with E-state index in [1.54, 1.807) is 16.2 Å². The molecule has 3 nitrogen and oxygen atoms in total. The molecule has 18 heavy (non-hydrogen) atoms. The minimum absolute atomic E-state index is 0.306. The molecule has 2 rings (SSSR count). The molecule has 0 radical (unpaired) electrons. The molecule has 0 spiro atoms. The van der Waals surface area contributed by atoms with Crippen molar-refractivity contribution < 1.29 is 9.53 Å². The van der Waals surface area contributed by atoms with Crippen molar-refractivity contribution >= 4 is 23.1 Å². The first kappa shape index (κ1) is 12.6. The van der Waals surface area contributed by atoms with E-state index in [2.05, 4.69) is 0 Å². The highest BCUT2D eigenvalue weighted by atomic mass is 32.1. The van der Waals surface area contributed by atoms with E-state index in [1.807, 2.05) is 54.1 Å². The number of ether oxygens (including phenoxy) is 1. The van der Waals surface area contributed by atoms with Gasteiger partial charge in [0, 0.05) is 5.38 Å². The molecule has 1 aromatic heterocycles. The van der Waals surface area contributed by atoms with Gasteiger partial charge in [0.1, 0.15) is 0 Å². The van der Waals surface area contributed by atoms with Gasteiger partial charge in [0.25, 0.3) is 0 Å². The van der Waals surface area contributed by atoms with Crippen LogP contribution in [0.25, 0.3) is 0 Å². The first-order valence-electron chi connectivity index (χ1n) is 5.81. The number of rotatable bonds is 4. The minimum atomic E-state index is -0.306. The third kappa shape index (κ3) is 3.11. The van der Waals surface area contributed by atoms with Crippen LogP contribution < -0.4 is 4.90 Å². The summed E-state index contributed by atoms with van der Waals surface area (Å²) in [6.07, 6.45) is -0.306. The van der Waals surface area contributed by atoms with Crippen molar-refractivity contribution in [1.29, 1.82) is 0 Å². The summed E-state index contributed by atoms with van der Waals surface area (Å²) in [6.45, 7) is 2.72. The Balaban J connectivity index is 2.18. The van der Waals surface area contributed by atoms with Crippen LogP contribution >= 0.6 is 11.3 Å². The third-order valence-electron chi connectivity index (χ3n) is 2.49. The third-order valence-corrected chi connectivity index (χ3v) is 3.16. The van der Waals surface area contributed by atoms with Crippen LogP contribution in [0.4, 0.5) is 10.5 Å². The van der Waals surface area contributed by atoms with Crippen LogP contribution in [0.2, 0.25) is 0 Å². The van der Waals surface area contributed by atoms with Crippen molar-refractivity contribution in [2.24, 2.45) is 0 Å². The topological polar surface area (TPSA) is 29.5 Å². The van der Waals surface area contributed by atoms with E-state index in [9.17, 15) is 4.79 Å². The molecule has 0 unspecified atom stereocenters. The Hall–Kier alpha value is -1.81. The van der Waals surface area contributed by atoms with Crippen LogP contribution in [0.15, 0.2) is 47.2 Å². The van der Waals surface area contributed by atoms with Crippen molar-refractivity contribution in [3.8, 4) is 0 Å². The zero-order valence-electron chi connectivity index (χ0n) is 10.2. The smallest absolute Gasteiger partial charge is 0.414 e. The van der Waals surface area contributed by atoms with Gasteiger partial charge in [-0.25, -0.2) is 4.79 Å². The SMILES string of the molecule is CCOC(=O)N(Cc1ccccc1)c1ccsc1. The zero-order valence-corrected chi connectivity index (χ0v) is 11.0. The lowest BCUT2D eigenvalue weighted by Gasteiger charge is -2.20. The summed E-state index contributed by atoms with van der Waals surface area (Å²) in [5.74, 6) is 0. The fraction of sp³-hybridized carbons (Fsp3) is 0.214. The van der Waals surface area contributed by atoms with Crippen molar-refractivity contribution in [2.45, 2.75) is 13.5 Å². The first-order chi connectivity index (χ1) is 8.81. The summed E-state index contributed by atoms with van der Waals surface area (Å²) in [4.78, 5) is 13.6. The summed E-state index contributed by atoms with van der Waals surface area (Å²) in [5, 5.41) is 3.90.